The van der Waals surface area contributed by atoms with E-state index in [1.807, 2.05) is 30.3 Å². The standard InChI is InChI=1S/C14H9BrN2O2/c15-11-3-1-2-9(6-11)14-8-10-7-12(17(18)19)4-5-13(10)16-14/h1-8,16H. The molecule has 5 heteroatoms. The van der Waals surface area contributed by atoms with Crippen LogP contribution in [0.5, 0.6) is 0 Å². The smallest absolute Gasteiger partial charge is 0.270 e. The highest BCUT2D eigenvalue weighted by Crippen LogP contribution is 2.28. The Bertz CT molecular complexity index is 780. The first kappa shape index (κ1) is 11.9. The normalized spacial score (nSPS) is 10.8. The van der Waals surface area contributed by atoms with Crippen molar-refractivity contribution in [2.45, 2.75) is 0 Å². The number of rotatable bonds is 2. The molecule has 0 aliphatic rings. The molecular weight excluding hydrogens is 308 g/mol. The van der Waals surface area contributed by atoms with Crippen LogP contribution >= 0.6 is 15.9 Å². The number of halogens is 1. The van der Waals surface area contributed by atoms with Gasteiger partial charge >= 0.3 is 0 Å². The number of nitrogens with zero attached hydrogens (tertiary/aromatic N) is 1. The van der Waals surface area contributed by atoms with Crippen molar-refractivity contribution in [2.24, 2.45) is 0 Å². The van der Waals surface area contributed by atoms with Crippen molar-refractivity contribution < 1.29 is 4.92 Å². The van der Waals surface area contributed by atoms with Crippen LogP contribution in [0.3, 0.4) is 0 Å². The highest BCUT2D eigenvalue weighted by molar-refractivity contribution is 9.10. The lowest BCUT2D eigenvalue weighted by Gasteiger charge is -1.97. The maximum Gasteiger partial charge on any atom is 0.270 e. The molecular formula is C14H9BrN2O2. The fraction of sp³-hybridized carbons (Fsp3) is 0. The third-order valence-corrected chi connectivity index (χ3v) is 3.44. The zero-order valence-corrected chi connectivity index (χ0v) is 11.3. The van der Waals surface area contributed by atoms with Gasteiger partial charge in [0.2, 0.25) is 0 Å². The predicted molar refractivity (Wildman–Crippen MR) is 78.1 cm³/mol. The van der Waals surface area contributed by atoms with Crippen LogP contribution in [0.4, 0.5) is 5.69 Å². The quantitative estimate of drug-likeness (QED) is 0.558. The largest absolute Gasteiger partial charge is 0.355 e. The van der Waals surface area contributed by atoms with Gasteiger partial charge in [-0.15, -0.1) is 0 Å². The van der Waals surface area contributed by atoms with Gasteiger partial charge in [0.25, 0.3) is 5.69 Å². The van der Waals surface area contributed by atoms with Gasteiger partial charge in [0.1, 0.15) is 0 Å². The van der Waals surface area contributed by atoms with Gasteiger partial charge in [-0.2, -0.15) is 0 Å². The molecule has 0 amide bonds. The second kappa shape index (κ2) is 4.51. The summed E-state index contributed by atoms with van der Waals surface area (Å²) in [5.74, 6) is 0. The lowest BCUT2D eigenvalue weighted by Crippen LogP contribution is -1.86. The van der Waals surface area contributed by atoms with Crippen LogP contribution in [-0.4, -0.2) is 9.91 Å². The van der Waals surface area contributed by atoms with Crippen LogP contribution in [0.1, 0.15) is 0 Å². The summed E-state index contributed by atoms with van der Waals surface area (Å²) >= 11 is 3.43. The van der Waals surface area contributed by atoms with E-state index in [-0.39, 0.29) is 10.6 Å². The highest BCUT2D eigenvalue weighted by atomic mass is 79.9. The Morgan fingerprint density at radius 3 is 2.68 bits per heavy atom. The Hall–Kier alpha value is -2.14. The molecule has 0 atom stereocenters. The van der Waals surface area contributed by atoms with Crippen LogP contribution in [0.15, 0.2) is 53.0 Å². The van der Waals surface area contributed by atoms with Gasteiger partial charge in [0.05, 0.1) is 4.92 Å². The van der Waals surface area contributed by atoms with E-state index in [2.05, 4.69) is 20.9 Å². The fourth-order valence-corrected chi connectivity index (χ4v) is 2.44. The van der Waals surface area contributed by atoms with Crippen LogP contribution in [0.25, 0.3) is 22.2 Å². The van der Waals surface area contributed by atoms with Gasteiger partial charge in [-0.25, -0.2) is 0 Å². The van der Waals surface area contributed by atoms with Crippen LogP contribution in [0.2, 0.25) is 0 Å². The molecule has 19 heavy (non-hydrogen) atoms. The van der Waals surface area contributed by atoms with Crippen molar-refractivity contribution in [2.75, 3.05) is 0 Å². The van der Waals surface area contributed by atoms with Crippen molar-refractivity contribution in [1.82, 2.24) is 4.98 Å². The van der Waals surface area contributed by atoms with Crippen molar-refractivity contribution in [1.29, 1.82) is 0 Å². The summed E-state index contributed by atoms with van der Waals surface area (Å²) in [6, 6.07) is 14.6. The van der Waals surface area contributed by atoms with Crippen molar-refractivity contribution in [3.8, 4) is 11.3 Å². The number of benzene rings is 2. The molecule has 3 rings (SSSR count). The number of H-pyrrole nitrogens is 1. The summed E-state index contributed by atoms with van der Waals surface area (Å²) in [5.41, 5.74) is 2.97. The van der Waals surface area contributed by atoms with Gasteiger partial charge in [0, 0.05) is 33.2 Å². The molecule has 94 valence electrons. The SMILES string of the molecule is O=[N+]([O-])c1ccc2[nH]c(-c3cccc(Br)c3)cc2c1. The number of fused-ring (bicyclic) bond motifs is 1. The molecule has 0 aliphatic carbocycles. The van der Waals surface area contributed by atoms with Gasteiger partial charge in [-0.1, -0.05) is 28.1 Å². The molecule has 0 fully saturated rings. The molecule has 0 spiro atoms. The number of non-ortho nitro benzene ring substituents is 1. The van der Waals surface area contributed by atoms with Gasteiger partial charge in [-0.3, -0.25) is 10.1 Å². The predicted octanol–water partition coefficient (Wildman–Crippen LogP) is 4.51. The maximum absolute atomic E-state index is 10.8. The lowest BCUT2D eigenvalue weighted by molar-refractivity contribution is -0.384. The van der Waals surface area contributed by atoms with Gasteiger partial charge in [0.15, 0.2) is 0 Å². The van der Waals surface area contributed by atoms with Crippen molar-refractivity contribution in [3.63, 3.8) is 0 Å². The average molecular weight is 317 g/mol. The molecule has 1 heterocycles. The Balaban J connectivity index is 2.14. The van der Waals surface area contributed by atoms with Crippen LogP contribution < -0.4 is 0 Å². The highest BCUT2D eigenvalue weighted by Gasteiger charge is 2.09. The maximum atomic E-state index is 10.8. The Morgan fingerprint density at radius 2 is 1.95 bits per heavy atom. The molecule has 0 saturated carbocycles. The zero-order valence-electron chi connectivity index (χ0n) is 9.76. The minimum Gasteiger partial charge on any atom is -0.355 e. The summed E-state index contributed by atoms with van der Waals surface area (Å²) in [5, 5.41) is 11.6. The Morgan fingerprint density at radius 1 is 1.11 bits per heavy atom. The fourth-order valence-electron chi connectivity index (χ4n) is 2.05. The van der Waals surface area contributed by atoms with Crippen LogP contribution in [-0.2, 0) is 0 Å². The van der Waals surface area contributed by atoms with Gasteiger partial charge < -0.3 is 4.98 Å². The molecule has 1 aromatic heterocycles. The third-order valence-electron chi connectivity index (χ3n) is 2.95. The summed E-state index contributed by atoms with van der Waals surface area (Å²) < 4.78 is 0.995. The number of aromatic amines is 1. The van der Waals surface area contributed by atoms with E-state index in [0.29, 0.717) is 0 Å². The van der Waals surface area contributed by atoms with E-state index in [1.54, 1.807) is 12.1 Å². The number of nitro benzene ring substituents is 1. The summed E-state index contributed by atoms with van der Waals surface area (Å²) in [6.45, 7) is 0. The summed E-state index contributed by atoms with van der Waals surface area (Å²) in [4.78, 5) is 13.6. The third kappa shape index (κ3) is 2.24. The first-order chi connectivity index (χ1) is 9.13. The monoisotopic (exact) mass is 316 g/mol. The van der Waals surface area contributed by atoms with E-state index < -0.39 is 0 Å². The molecule has 2 aromatic carbocycles. The first-order valence-electron chi connectivity index (χ1n) is 5.66. The molecule has 0 saturated heterocycles. The molecule has 0 radical (unpaired) electrons. The molecule has 0 aliphatic heterocycles. The van der Waals surface area contributed by atoms with Gasteiger partial charge in [-0.05, 0) is 29.8 Å². The first-order valence-corrected chi connectivity index (χ1v) is 6.46. The Kier molecular flexibility index (Phi) is 2.83. The van der Waals surface area contributed by atoms with E-state index in [4.69, 9.17) is 0 Å². The number of hydrogen-bond acceptors (Lipinski definition) is 2. The summed E-state index contributed by atoms with van der Waals surface area (Å²) in [6.07, 6.45) is 0. The number of aromatic nitrogens is 1. The minimum atomic E-state index is -0.384. The van der Waals surface area contributed by atoms with E-state index in [0.717, 1.165) is 26.6 Å². The Labute approximate surface area is 117 Å². The average Bonchev–Trinajstić information content (AvgIpc) is 2.81. The lowest BCUT2D eigenvalue weighted by atomic mass is 10.1. The minimum absolute atomic E-state index is 0.104. The number of hydrogen-bond donors (Lipinski definition) is 1. The molecule has 0 bridgehead atoms. The summed E-state index contributed by atoms with van der Waals surface area (Å²) in [7, 11) is 0. The molecule has 3 aromatic rings. The second-order valence-corrected chi connectivity index (χ2v) is 5.14. The van der Waals surface area contributed by atoms with Crippen molar-refractivity contribution >= 4 is 32.5 Å². The zero-order chi connectivity index (χ0) is 13.4. The second-order valence-electron chi connectivity index (χ2n) is 4.22. The van der Waals surface area contributed by atoms with Crippen molar-refractivity contribution in [3.05, 3.63) is 63.1 Å². The number of nitrogens with one attached hydrogen (secondary N) is 1. The molecule has 0 unspecified atom stereocenters. The van der Waals surface area contributed by atoms with E-state index in [1.165, 1.54) is 6.07 Å². The van der Waals surface area contributed by atoms with E-state index >= 15 is 0 Å². The molecule has 1 N–H and O–H groups in total. The molecule has 4 nitrogen and oxygen atoms in total. The van der Waals surface area contributed by atoms with E-state index in [9.17, 15) is 10.1 Å². The van der Waals surface area contributed by atoms with Crippen LogP contribution in [0, 0.1) is 10.1 Å². The topological polar surface area (TPSA) is 58.9 Å². The number of nitro groups is 1.